The van der Waals surface area contributed by atoms with Gasteiger partial charge in [-0.1, -0.05) is 12.1 Å². The minimum absolute atomic E-state index is 0.251. The molecule has 0 bridgehead atoms. The minimum atomic E-state index is -0.251. The number of ether oxygens (including phenoxy) is 2. The first-order chi connectivity index (χ1) is 11.2. The maximum atomic E-state index is 5.99. The van der Waals surface area contributed by atoms with Crippen LogP contribution in [0, 0.1) is 6.92 Å². The lowest BCUT2D eigenvalue weighted by molar-refractivity contribution is -0.0359. The number of hydrogen-bond donors (Lipinski definition) is 0. The Hall–Kier alpha value is -1.98. The summed E-state index contributed by atoms with van der Waals surface area (Å²) in [5.41, 5.74) is 2.07. The van der Waals surface area contributed by atoms with E-state index in [1.807, 2.05) is 24.5 Å². The van der Waals surface area contributed by atoms with Crippen molar-refractivity contribution >= 4 is 0 Å². The number of aromatic nitrogens is 2. The van der Waals surface area contributed by atoms with E-state index in [4.69, 9.17) is 9.47 Å². The quantitative estimate of drug-likeness (QED) is 0.820. The van der Waals surface area contributed by atoms with Crippen LogP contribution >= 0.6 is 0 Å². The molecular weight excluding hydrogens is 290 g/mol. The highest BCUT2D eigenvalue weighted by Gasteiger charge is 2.39. The molecule has 5 heteroatoms. The van der Waals surface area contributed by atoms with E-state index in [1.54, 1.807) is 13.4 Å². The van der Waals surface area contributed by atoms with Crippen molar-refractivity contribution in [2.75, 3.05) is 26.8 Å². The van der Waals surface area contributed by atoms with E-state index in [2.05, 4.69) is 33.9 Å². The number of rotatable bonds is 6. The van der Waals surface area contributed by atoms with Crippen molar-refractivity contribution in [1.82, 2.24) is 14.9 Å². The van der Waals surface area contributed by atoms with E-state index >= 15 is 0 Å². The zero-order valence-corrected chi connectivity index (χ0v) is 13.7. The number of hydrogen-bond acceptors (Lipinski definition) is 5. The standard InChI is InChI=1S/C18H23N3O2/c1-15-4-3-5-17(8-15)23-13-18(22-2)6-7-21(12-18)11-16-9-19-14-20-10-16/h3-5,8-10,14H,6-7,11-13H2,1-2H3/t18-/m0/s1. The van der Waals surface area contributed by atoms with Crippen LogP contribution in [0.2, 0.25) is 0 Å². The molecule has 1 saturated heterocycles. The number of methoxy groups -OCH3 is 1. The summed E-state index contributed by atoms with van der Waals surface area (Å²) in [7, 11) is 1.77. The normalized spacial score (nSPS) is 21.5. The number of nitrogens with zero attached hydrogens (tertiary/aromatic N) is 3. The monoisotopic (exact) mass is 313 g/mol. The molecule has 2 heterocycles. The van der Waals surface area contributed by atoms with Crippen LogP contribution in [0.1, 0.15) is 17.5 Å². The molecule has 1 aromatic carbocycles. The van der Waals surface area contributed by atoms with Crippen LogP contribution in [-0.4, -0.2) is 47.3 Å². The number of aryl methyl sites for hydroxylation is 1. The fourth-order valence-corrected chi connectivity index (χ4v) is 3.00. The fourth-order valence-electron chi connectivity index (χ4n) is 3.00. The van der Waals surface area contributed by atoms with Gasteiger partial charge in [0.25, 0.3) is 0 Å². The molecule has 0 spiro atoms. The summed E-state index contributed by atoms with van der Waals surface area (Å²) >= 11 is 0. The number of likely N-dealkylation sites (tertiary alicyclic amines) is 1. The molecule has 1 atom stereocenters. The van der Waals surface area contributed by atoms with Gasteiger partial charge in [-0.25, -0.2) is 9.97 Å². The van der Waals surface area contributed by atoms with Crippen molar-refractivity contribution < 1.29 is 9.47 Å². The van der Waals surface area contributed by atoms with Gasteiger partial charge in [0.15, 0.2) is 0 Å². The van der Waals surface area contributed by atoms with Crippen LogP contribution in [0.3, 0.4) is 0 Å². The summed E-state index contributed by atoms with van der Waals surface area (Å²) in [4.78, 5) is 10.5. The highest BCUT2D eigenvalue weighted by atomic mass is 16.5. The summed E-state index contributed by atoms with van der Waals surface area (Å²) in [6, 6.07) is 8.13. The average Bonchev–Trinajstić information content (AvgIpc) is 2.98. The maximum absolute atomic E-state index is 5.99. The molecule has 122 valence electrons. The molecule has 0 saturated carbocycles. The predicted octanol–water partition coefficient (Wildman–Crippen LogP) is 2.45. The molecule has 0 unspecified atom stereocenters. The highest BCUT2D eigenvalue weighted by molar-refractivity contribution is 5.27. The van der Waals surface area contributed by atoms with Gasteiger partial charge in [0.05, 0.1) is 0 Å². The first-order valence-electron chi connectivity index (χ1n) is 7.90. The predicted molar refractivity (Wildman–Crippen MR) is 88.3 cm³/mol. The van der Waals surface area contributed by atoms with Crippen LogP contribution in [0.5, 0.6) is 5.75 Å². The molecule has 0 aliphatic carbocycles. The highest BCUT2D eigenvalue weighted by Crippen LogP contribution is 2.27. The van der Waals surface area contributed by atoms with E-state index < -0.39 is 0 Å². The molecule has 3 rings (SSSR count). The van der Waals surface area contributed by atoms with Crippen LogP contribution in [0.25, 0.3) is 0 Å². The lowest BCUT2D eigenvalue weighted by Gasteiger charge is -2.28. The molecule has 1 aliphatic rings. The van der Waals surface area contributed by atoms with Crippen molar-refractivity contribution in [3.63, 3.8) is 0 Å². The van der Waals surface area contributed by atoms with Crippen LogP contribution < -0.4 is 4.74 Å². The van der Waals surface area contributed by atoms with Gasteiger partial charge in [0.1, 0.15) is 24.3 Å². The van der Waals surface area contributed by atoms with Gasteiger partial charge in [-0.05, 0) is 31.0 Å². The molecular formula is C18H23N3O2. The van der Waals surface area contributed by atoms with E-state index in [0.717, 1.165) is 37.4 Å². The topological polar surface area (TPSA) is 47.5 Å². The van der Waals surface area contributed by atoms with E-state index in [1.165, 1.54) is 5.56 Å². The Morgan fingerprint density at radius 3 is 2.83 bits per heavy atom. The second kappa shape index (κ2) is 7.06. The Labute approximate surface area is 137 Å². The van der Waals surface area contributed by atoms with Crippen molar-refractivity contribution in [2.24, 2.45) is 0 Å². The Morgan fingerprint density at radius 1 is 1.26 bits per heavy atom. The Bertz CT molecular complexity index is 635. The lowest BCUT2D eigenvalue weighted by Crippen LogP contribution is -2.41. The first kappa shape index (κ1) is 15.9. The van der Waals surface area contributed by atoms with Crippen LogP contribution in [0.15, 0.2) is 43.0 Å². The molecule has 0 amide bonds. The second-order valence-electron chi connectivity index (χ2n) is 6.20. The third-order valence-corrected chi connectivity index (χ3v) is 4.34. The Balaban J connectivity index is 1.59. The van der Waals surface area contributed by atoms with Gasteiger partial charge in [0.2, 0.25) is 0 Å². The molecule has 5 nitrogen and oxygen atoms in total. The van der Waals surface area contributed by atoms with E-state index in [0.29, 0.717) is 6.61 Å². The van der Waals surface area contributed by atoms with E-state index in [9.17, 15) is 0 Å². The van der Waals surface area contributed by atoms with E-state index in [-0.39, 0.29) is 5.60 Å². The fraction of sp³-hybridized carbons (Fsp3) is 0.444. The van der Waals surface area contributed by atoms with Crippen molar-refractivity contribution in [2.45, 2.75) is 25.5 Å². The maximum Gasteiger partial charge on any atom is 0.119 e. The van der Waals surface area contributed by atoms with Crippen molar-refractivity contribution in [1.29, 1.82) is 0 Å². The summed E-state index contributed by atoms with van der Waals surface area (Å²) in [6.07, 6.45) is 6.25. The van der Waals surface area contributed by atoms with Crippen molar-refractivity contribution in [3.8, 4) is 5.75 Å². The van der Waals surface area contributed by atoms with Gasteiger partial charge in [-0.3, -0.25) is 4.90 Å². The average molecular weight is 313 g/mol. The van der Waals surface area contributed by atoms with Gasteiger partial charge >= 0.3 is 0 Å². The van der Waals surface area contributed by atoms with Crippen LogP contribution in [-0.2, 0) is 11.3 Å². The third-order valence-electron chi connectivity index (χ3n) is 4.34. The SMILES string of the molecule is CO[C@@]1(COc2cccc(C)c2)CCN(Cc2cncnc2)C1. The van der Waals surface area contributed by atoms with Gasteiger partial charge in [0, 0.05) is 44.7 Å². The van der Waals surface area contributed by atoms with Crippen LogP contribution in [0.4, 0.5) is 0 Å². The lowest BCUT2D eigenvalue weighted by atomic mass is 10.0. The molecule has 0 N–H and O–H groups in total. The van der Waals surface area contributed by atoms with Gasteiger partial charge < -0.3 is 9.47 Å². The zero-order chi connectivity index (χ0) is 16.1. The molecule has 1 aliphatic heterocycles. The molecule has 2 aromatic rings. The number of benzene rings is 1. The summed E-state index contributed by atoms with van der Waals surface area (Å²) in [5, 5.41) is 0. The molecule has 1 fully saturated rings. The zero-order valence-electron chi connectivity index (χ0n) is 13.7. The van der Waals surface area contributed by atoms with Gasteiger partial charge in [-0.2, -0.15) is 0 Å². The van der Waals surface area contributed by atoms with Gasteiger partial charge in [-0.15, -0.1) is 0 Å². The summed E-state index contributed by atoms with van der Waals surface area (Å²) < 4.78 is 11.8. The molecule has 1 aromatic heterocycles. The largest absolute Gasteiger partial charge is 0.491 e. The first-order valence-corrected chi connectivity index (χ1v) is 7.90. The second-order valence-corrected chi connectivity index (χ2v) is 6.20. The Morgan fingerprint density at radius 2 is 2.09 bits per heavy atom. The Kier molecular flexibility index (Phi) is 4.88. The molecule has 23 heavy (non-hydrogen) atoms. The smallest absolute Gasteiger partial charge is 0.119 e. The minimum Gasteiger partial charge on any atom is -0.491 e. The van der Waals surface area contributed by atoms with Crippen molar-refractivity contribution in [3.05, 3.63) is 54.1 Å². The summed E-state index contributed by atoms with van der Waals surface area (Å²) in [5.74, 6) is 0.899. The molecule has 0 radical (unpaired) electrons. The summed E-state index contributed by atoms with van der Waals surface area (Å²) in [6.45, 7) is 5.31. The third kappa shape index (κ3) is 4.06.